The zero-order chi connectivity index (χ0) is 14.5. The summed E-state index contributed by atoms with van der Waals surface area (Å²) in [6, 6.07) is 3.08. The average molecular weight is 282 g/mol. The van der Waals surface area contributed by atoms with E-state index in [-0.39, 0.29) is 11.6 Å². The van der Waals surface area contributed by atoms with Crippen LogP contribution in [-0.2, 0) is 0 Å². The summed E-state index contributed by atoms with van der Waals surface area (Å²) in [6.07, 6.45) is 3.36. The van der Waals surface area contributed by atoms with Crippen molar-refractivity contribution in [1.82, 2.24) is 10.6 Å². The molecule has 1 aliphatic rings. The van der Waals surface area contributed by atoms with Crippen LogP contribution in [-0.4, -0.2) is 25.0 Å². The fourth-order valence-corrected chi connectivity index (χ4v) is 2.74. The Morgan fingerprint density at radius 3 is 2.70 bits per heavy atom. The molecule has 1 fully saturated rings. The SMILES string of the molecule is CCC1CCCNC1CNC(=O)c1cc(F)cc(F)c1. The first-order valence-electron chi connectivity index (χ1n) is 7.08. The minimum Gasteiger partial charge on any atom is -0.350 e. The molecule has 1 aliphatic heterocycles. The van der Waals surface area contributed by atoms with Gasteiger partial charge >= 0.3 is 0 Å². The summed E-state index contributed by atoms with van der Waals surface area (Å²) < 4.78 is 26.1. The molecular weight excluding hydrogens is 262 g/mol. The molecule has 2 atom stereocenters. The van der Waals surface area contributed by atoms with Gasteiger partial charge in [0.15, 0.2) is 0 Å². The molecule has 1 saturated heterocycles. The number of rotatable bonds is 4. The summed E-state index contributed by atoms with van der Waals surface area (Å²) in [5.41, 5.74) is 0.0198. The molecule has 2 rings (SSSR count). The van der Waals surface area contributed by atoms with Crippen LogP contribution in [0.5, 0.6) is 0 Å². The van der Waals surface area contributed by atoms with E-state index in [1.165, 1.54) is 0 Å². The van der Waals surface area contributed by atoms with Gasteiger partial charge in [0.2, 0.25) is 0 Å². The van der Waals surface area contributed by atoms with Gasteiger partial charge in [0, 0.05) is 24.2 Å². The zero-order valence-corrected chi connectivity index (χ0v) is 11.6. The molecule has 0 radical (unpaired) electrons. The van der Waals surface area contributed by atoms with Gasteiger partial charge in [-0.05, 0) is 37.4 Å². The highest BCUT2D eigenvalue weighted by molar-refractivity contribution is 5.94. The van der Waals surface area contributed by atoms with Crippen LogP contribution in [0.1, 0.15) is 36.5 Å². The van der Waals surface area contributed by atoms with Crippen molar-refractivity contribution in [3.8, 4) is 0 Å². The smallest absolute Gasteiger partial charge is 0.251 e. The van der Waals surface area contributed by atoms with Crippen LogP contribution in [0.25, 0.3) is 0 Å². The van der Waals surface area contributed by atoms with Crippen molar-refractivity contribution >= 4 is 5.91 Å². The van der Waals surface area contributed by atoms with E-state index in [9.17, 15) is 13.6 Å². The molecule has 1 aromatic rings. The Morgan fingerprint density at radius 2 is 2.05 bits per heavy atom. The van der Waals surface area contributed by atoms with Crippen molar-refractivity contribution in [3.63, 3.8) is 0 Å². The van der Waals surface area contributed by atoms with Crippen LogP contribution in [0, 0.1) is 17.6 Å². The van der Waals surface area contributed by atoms with Gasteiger partial charge in [-0.3, -0.25) is 4.79 Å². The lowest BCUT2D eigenvalue weighted by Gasteiger charge is -2.32. The Bertz CT molecular complexity index is 459. The Balaban J connectivity index is 1.94. The van der Waals surface area contributed by atoms with Crippen LogP contribution in [0.3, 0.4) is 0 Å². The quantitative estimate of drug-likeness (QED) is 0.890. The third kappa shape index (κ3) is 3.76. The summed E-state index contributed by atoms with van der Waals surface area (Å²) >= 11 is 0. The summed E-state index contributed by atoms with van der Waals surface area (Å²) in [5.74, 6) is -1.38. The normalized spacial score (nSPS) is 22.6. The minimum atomic E-state index is -0.739. The van der Waals surface area contributed by atoms with Gasteiger partial charge < -0.3 is 10.6 Å². The van der Waals surface area contributed by atoms with Crippen LogP contribution >= 0.6 is 0 Å². The number of hydrogen-bond acceptors (Lipinski definition) is 2. The summed E-state index contributed by atoms with van der Waals surface area (Å²) in [6.45, 7) is 3.57. The van der Waals surface area contributed by atoms with E-state index in [0.29, 0.717) is 12.5 Å². The van der Waals surface area contributed by atoms with Crippen LogP contribution in [0.4, 0.5) is 8.78 Å². The first-order chi connectivity index (χ1) is 9.60. The molecule has 0 saturated carbocycles. The zero-order valence-electron chi connectivity index (χ0n) is 11.6. The Hall–Kier alpha value is -1.49. The van der Waals surface area contributed by atoms with Gasteiger partial charge in [-0.25, -0.2) is 8.78 Å². The highest BCUT2D eigenvalue weighted by atomic mass is 19.1. The number of hydrogen-bond donors (Lipinski definition) is 2. The third-order valence-corrected chi connectivity index (χ3v) is 3.86. The topological polar surface area (TPSA) is 41.1 Å². The van der Waals surface area contributed by atoms with Gasteiger partial charge in [-0.15, -0.1) is 0 Å². The van der Waals surface area contributed by atoms with Crippen molar-refractivity contribution in [3.05, 3.63) is 35.4 Å². The van der Waals surface area contributed by atoms with Crippen molar-refractivity contribution < 1.29 is 13.6 Å². The van der Waals surface area contributed by atoms with Gasteiger partial charge in [0.1, 0.15) is 11.6 Å². The first kappa shape index (κ1) is 14.9. The minimum absolute atomic E-state index is 0.0198. The van der Waals surface area contributed by atoms with Gasteiger partial charge in [-0.2, -0.15) is 0 Å². The Labute approximate surface area is 117 Å². The molecule has 0 spiro atoms. The number of amides is 1. The monoisotopic (exact) mass is 282 g/mol. The molecule has 3 nitrogen and oxygen atoms in total. The maximum atomic E-state index is 13.1. The molecule has 1 aromatic carbocycles. The molecule has 2 unspecified atom stereocenters. The predicted molar refractivity (Wildman–Crippen MR) is 73.5 cm³/mol. The lowest BCUT2D eigenvalue weighted by molar-refractivity contribution is 0.0941. The lowest BCUT2D eigenvalue weighted by Crippen LogP contribution is -2.48. The molecule has 20 heavy (non-hydrogen) atoms. The molecule has 1 heterocycles. The highest BCUT2D eigenvalue weighted by Gasteiger charge is 2.23. The fraction of sp³-hybridized carbons (Fsp3) is 0.533. The highest BCUT2D eigenvalue weighted by Crippen LogP contribution is 2.19. The van der Waals surface area contributed by atoms with E-state index in [1.807, 2.05) is 0 Å². The molecule has 2 N–H and O–H groups in total. The van der Waals surface area contributed by atoms with E-state index in [1.54, 1.807) is 0 Å². The average Bonchev–Trinajstić information content (AvgIpc) is 2.44. The molecule has 1 amide bonds. The lowest BCUT2D eigenvalue weighted by atomic mass is 9.88. The summed E-state index contributed by atoms with van der Waals surface area (Å²) in [7, 11) is 0. The molecule has 110 valence electrons. The number of piperidine rings is 1. The fourth-order valence-electron chi connectivity index (χ4n) is 2.74. The molecule has 5 heteroatoms. The van der Waals surface area contributed by atoms with E-state index in [0.717, 1.165) is 44.0 Å². The molecule has 0 aliphatic carbocycles. The van der Waals surface area contributed by atoms with E-state index >= 15 is 0 Å². The van der Waals surface area contributed by atoms with Crippen LogP contribution in [0.15, 0.2) is 18.2 Å². The van der Waals surface area contributed by atoms with E-state index in [4.69, 9.17) is 0 Å². The Morgan fingerprint density at radius 1 is 1.35 bits per heavy atom. The van der Waals surface area contributed by atoms with Crippen molar-refractivity contribution in [1.29, 1.82) is 0 Å². The van der Waals surface area contributed by atoms with E-state index < -0.39 is 17.5 Å². The second kappa shape index (κ2) is 6.79. The second-order valence-corrected chi connectivity index (χ2v) is 5.24. The van der Waals surface area contributed by atoms with Crippen molar-refractivity contribution in [2.24, 2.45) is 5.92 Å². The van der Waals surface area contributed by atoms with Crippen LogP contribution < -0.4 is 10.6 Å². The third-order valence-electron chi connectivity index (χ3n) is 3.86. The molecule has 0 bridgehead atoms. The standard InChI is InChI=1S/C15H20F2N2O/c1-2-10-4-3-5-18-14(10)9-19-15(20)11-6-12(16)8-13(17)7-11/h6-8,10,14,18H,2-5,9H2,1H3,(H,19,20). The van der Waals surface area contributed by atoms with Crippen LogP contribution in [0.2, 0.25) is 0 Å². The maximum Gasteiger partial charge on any atom is 0.251 e. The van der Waals surface area contributed by atoms with E-state index in [2.05, 4.69) is 17.6 Å². The summed E-state index contributed by atoms with van der Waals surface area (Å²) in [4.78, 5) is 11.9. The van der Waals surface area contributed by atoms with Gasteiger partial charge in [0.05, 0.1) is 0 Å². The molecule has 0 aromatic heterocycles. The number of nitrogens with one attached hydrogen (secondary N) is 2. The maximum absolute atomic E-state index is 13.1. The number of carbonyl (C=O) groups excluding carboxylic acids is 1. The van der Waals surface area contributed by atoms with Gasteiger partial charge in [0.25, 0.3) is 5.91 Å². The number of benzene rings is 1. The van der Waals surface area contributed by atoms with Gasteiger partial charge in [-0.1, -0.05) is 13.3 Å². The first-order valence-corrected chi connectivity index (χ1v) is 7.08. The summed E-state index contributed by atoms with van der Waals surface area (Å²) in [5, 5.41) is 6.14. The van der Waals surface area contributed by atoms with Crippen molar-refractivity contribution in [2.75, 3.05) is 13.1 Å². The van der Waals surface area contributed by atoms with Crippen molar-refractivity contribution in [2.45, 2.75) is 32.2 Å². The number of halogens is 2. The Kier molecular flexibility index (Phi) is 5.06. The molecular formula is C15H20F2N2O. The number of carbonyl (C=O) groups is 1. The second-order valence-electron chi connectivity index (χ2n) is 5.24. The predicted octanol–water partition coefficient (Wildman–Crippen LogP) is 2.47. The largest absolute Gasteiger partial charge is 0.350 e.